The third-order valence-corrected chi connectivity index (χ3v) is 5.67. The number of hydrogen-bond donors (Lipinski definition) is 0. The average Bonchev–Trinajstić information content (AvgIpc) is 3.11. The minimum atomic E-state index is -0.0398. The van der Waals surface area contributed by atoms with Gasteiger partial charge in [0.05, 0.1) is 13.2 Å². The SMILES string of the molecule is COc1ccc2c(c1)[C@H](OC)[C@@H]1c3c(cc4c(c3-2)OCO4)CCN1C. The van der Waals surface area contributed by atoms with E-state index < -0.39 is 0 Å². The van der Waals surface area contributed by atoms with Crippen LogP contribution in [0.4, 0.5) is 0 Å². The van der Waals surface area contributed by atoms with E-state index in [1.54, 1.807) is 14.2 Å². The van der Waals surface area contributed by atoms with Crippen molar-refractivity contribution >= 4 is 0 Å². The molecule has 5 rings (SSSR count). The lowest BCUT2D eigenvalue weighted by Crippen LogP contribution is -2.38. The second-order valence-corrected chi connectivity index (χ2v) is 6.84. The zero-order valence-corrected chi connectivity index (χ0v) is 14.7. The first kappa shape index (κ1) is 15.0. The number of benzene rings is 2. The van der Waals surface area contributed by atoms with E-state index >= 15 is 0 Å². The summed E-state index contributed by atoms with van der Waals surface area (Å²) in [5, 5.41) is 0. The first-order chi connectivity index (χ1) is 12.2. The van der Waals surface area contributed by atoms with Crippen molar-refractivity contribution < 1.29 is 18.9 Å². The highest BCUT2D eigenvalue weighted by molar-refractivity contribution is 5.84. The van der Waals surface area contributed by atoms with Crippen LogP contribution in [0.2, 0.25) is 0 Å². The molecule has 25 heavy (non-hydrogen) atoms. The first-order valence-corrected chi connectivity index (χ1v) is 8.59. The van der Waals surface area contributed by atoms with Crippen LogP contribution < -0.4 is 14.2 Å². The molecule has 2 heterocycles. The molecule has 0 fully saturated rings. The molecule has 0 amide bonds. The van der Waals surface area contributed by atoms with Crippen molar-refractivity contribution in [3.63, 3.8) is 0 Å². The van der Waals surface area contributed by atoms with E-state index in [0.29, 0.717) is 0 Å². The maximum Gasteiger partial charge on any atom is 0.231 e. The maximum absolute atomic E-state index is 5.99. The topological polar surface area (TPSA) is 40.2 Å². The standard InChI is InChI=1S/C20H21NO4/c1-21-7-6-11-8-15-20(25-10-24-15)17-13-5-4-12(22-2)9-14(13)19(23-3)18(21)16(11)17/h4-5,8-9,18-19H,6-7,10H2,1-3H3/t18-,19-/m0/s1. The predicted octanol–water partition coefficient (Wildman–Crippen LogP) is 3.32. The lowest BCUT2D eigenvalue weighted by molar-refractivity contribution is 0.0153. The molecule has 0 spiro atoms. The molecule has 0 unspecified atom stereocenters. The Labute approximate surface area is 147 Å². The molecule has 2 aromatic rings. The summed E-state index contributed by atoms with van der Waals surface area (Å²) in [6, 6.07) is 8.52. The Balaban J connectivity index is 1.86. The van der Waals surface area contributed by atoms with Crippen LogP contribution in [-0.4, -0.2) is 39.5 Å². The smallest absolute Gasteiger partial charge is 0.231 e. The summed E-state index contributed by atoms with van der Waals surface area (Å²) < 4.78 is 23.0. The van der Waals surface area contributed by atoms with Gasteiger partial charge in [0.2, 0.25) is 6.79 Å². The van der Waals surface area contributed by atoms with Crippen LogP contribution in [0.3, 0.4) is 0 Å². The van der Waals surface area contributed by atoms with Gasteiger partial charge >= 0.3 is 0 Å². The number of rotatable bonds is 2. The Morgan fingerprint density at radius 2 is 2.04 bits per heavy atom. The fourth-order valence-corrected chi connectivity index (χ4v) is 4.52. The van der Waals surface area contributed by atoms with E-state index in [1.807, 2.05) is 6.07 Å². The van der Waals surface area contributed by atoms with E-state index in [4.69, 9.17) is 18.9 Å². The van der Waals surface area contributed by atoms with Crippen LogP contribution in [0.1, 0.15) is 28.8 Å². The van der Waals surface area contributed by atoms with Crippen LogP contribution >= 0.6 is 0 Å². The van der Waals surface area contributed by atoms with Crippen LogP contribution in [0.15, 0.2) is 24.3 Å². The van der Waals surface area contributed by atoms with E-state index in [0.717, 1.165) is 46.9 Å². The summed E-state index contributed by atoms with van der Waals surface area (Å²) in [6.07, 6.45) is 0.968. The van der Waals surface area contributed by atoms with Gasteiger partial charge in [-0.2, -0.15) is 0 Å². The van der Waals surface area contributed by atoms with Crippen molar-refractivity contribution in [1.29, 1.82) is 0 Å². The van der Waals surface area contributed by atoms with Gasteiger partial charge in [0.25, 0.3) is 0 Å². The summed E-state index contributed by atoms with van der Waals surface area (Å²) in [7, 11) is 5.65. The maximum atomic E-state index is 5.99. The van der Waals surface area contributed by atoms with Gasteiger partial charge < -0.3 is 18.9 Å². The number of nitrogens with zero attached hydrogens (tertiary/aromatic N) is 1. The van der Waals surface area contributed by atoms with Gasteiger partial charge in [0, 0.05) is 19.2 Å². The Hall–Kier alpha value is -2.24. The lowest BCUT2D eigenvalue weighted by Gasteiger charge is -2.44. The summed E-state index contributed by atoms with van der Waals surface area (Å²) >= 11 is 0. The van der Waals surface area contributed by atoms with Crippen molar-refractivity contribution in [1.82, 2.24) is 4.90 Å². The van der Waals surface area contributed by atoms with Gasteiger partial charge in [-0.3, -0.25) is 4.90 Å². The fourth-order valence-electron chi connectivity index (χ4n) is 4.52. The lowest BCUT2D eigenvalue weighted by atomic mass is 9.75. The normalized spacial score (nSPS) is 23.2. The third-order valence-electron chi connectivity index (χ3n) is 5.67. The zero-order valence-electron chi connectivity index (χ0n) is 14.7. The first-order valence-electron chi connectivity index (χ1n) is 8.59. The number of likely N-dealkylation sites (N-methyl/N-ethyl adjacent to an activating group) is 1. The van der Waals surface area contributed by atoms with E-state index in [1.165, 1.54) is 11.1 Å². The molecule has 130 valence electrons. The number of fused-ring (bicyclic) bond motifs is 4. The largest absolute Gasteiger partial charge is 0.497 e. The van der Waals surface area contributed by atoms with Crippen molar-refractivity contribution in [2.75, 3.05) is 34.6 Å². The fraction of sp³-hybridized carbons (Fsp3) is 0.400. The molecule has 3 aliphatic rings. The van der Waals surface area contributed by atoms with Gasteiger partial charge in [-0.15, -0.1) is 0 Å². The summed E-state index contributed by atoms with van der Waals surface area (Å²) in [4.78, 5) is 2.38. The molecule has 0 aromatic heterocycles. The summed E-state index contributed by atoms with van der Waals surface area (Å²) in [6.45, 7) is 1.28. The van der Waals surface area contributed by atoms with Crippen LogP contribution in [0.5, 0.6) is 17.2 Å². The molecule has 5 nitrogen and oxygen atoms in total. The van der Waals surface area contributed by atoms with E-state index in [2.05, 4.69) is 30.1 Å². The molecule has 0 radical (unpaired) electrons. The Kier molecular flexibility index (Phi) is 3.24. The zero-order chi connectivity index (χ0) is 17.1. The monoisotopic (exact) mass is 339 g/mol. The molecule has 0 bridgehead atoms. The molecular formula is C20H21NO4. The molecule has 0 saturated heterocycles. The molecule has 0 saturated carbocycles. The van der Waals surface area contributed by atoms with Crippen molar-refractivity contribution in [3.8, 4) is 28.4 Å². The Morgan fingerprint density at radius 1 is 1.16 bits per heavy atom. The van der Waals surface area contributed by atoms with Gasteiger partial charge in [-0.25, -0.2) is 0 Å². The van der Waals surface area contributed by atoms with Gasteiger partial charge in [-0.1, -0.05) is 6.07 Å². The highest BCUT2D eigenvalue weighted by Gasteiger charge is 2.43. The number of hydrogen-bond acceptors (Lipinski definition) is 5. The quantitative estimate of drug-likeness (QED) is 0.839. The van der Waals surface area contributed by atoms with E-state index in [-0.39, 0.29) is 18.9 Å². The van der Waals surface area contributed by atoms with Crippen molar-refractivity contribution in [3.05, 3.63) is 41.0 Å². The molecule has 2 aliphatic heterocycles. The van der Waals surface area contributed by atoms with Crippen LogP contribution in [0, 0.1) is 0 Å². The number of methoxy groups -OCH3 is 2. The molecular weight excluding hydrogens is 318 g/mol. The van der Waals surface area contributed by atoms with Crippen LogP contribution in [-0.2, 0) is 11.2 Å². The average molecular weight is 339 g/mol. The molecule has 2 aromatic carbocycles. The third kappa shape index (κ3) is 1.96. The van der Waals surface area contributed by atoms with E-state index in [9.17, 15) is 0 Å². The highest BCUT2D eigenvalue weighted by Crippen LogP contribution is 2.57. The molecule has 1 aliphatic carbocycles. The van der Waals surface area contributed by atoms with Gasteiger partial charge in [0.1, 0.15) is 11.9 Å². The minimum Gasteiger partial charge on any atom is -0.497 e. The van der Waals surface area contributed by atoms with Crippen molar-refractivity contribution in [2.24, 2.45) is 0 Å². The predicted molar refractivity (Wildman–Crippen MR) is 93.4 cm³/mol. The summed E-state index contributed by atoms with van der Waals surface area (Å²) in [5.41, 5.74) is 6.11. The summed E-state index contributed by atoms with van der Waals surface area (Å²) in [5.74, 6) is 2.56. The molecule has 0 N–H and O–H groups in total. The Morgan fingerprint density at radius 3 is 2.84 bits per heavy atom. The molecule has 2 atom stereocenters. The Bertz CT molecular complexity index is 863. The minimum absolute atomic E-state index is 0.0398. The van der Waals surface area contributed by atoms with Crippen LogP contribution in [0.25, 0.3) is 11.1 Å². The molecule has 5 heteroatoms. The van der Waals surface area contributed by atoms with Gasteiger partial charge in [-0.05, 0) is 53.9 Å². The highest BCUT2D eigenvalue weighted by atomic mass is 16.7. The number of ether oxygens (including phenoxy) is 4. The van der Waals surface area contributed by atoms with Gasteiger partial charge in [0.15, 0.2) is 11.5 Å². The second-order valence-electron chi connectivity index (χ2n) is 6.84. The van der Waals surface area contributed by atoms with Crippen molar-refractivity contribution in [2.45, 2.75) is 18.6 Å². The second kappa shape index (κ2) is 5.38.